The fourth-order valence-corrected chi connectivity index (χ4v) is 3.87. The van der Waals surface area contributed by atoms with Crippen molar-refractivity contribution in [2.24, 2.45) is 0 Å². The Kier molecular flexibility index (Phi) is 3.76. The molecule has 1 rings (SSSR count). The van der Waals surface area contributed by atoms with Crippen LogP contribution in [0.15, 0.2) is 25.6 Å². The first-order valence-electron chi connectivity index (χ1n) is 3.35. The highest BCUT2D eigenvalue weighted by molar-refractivity contribution is 9.11. The van der Waals surface area contributed by atoms with Crippen molar-refractivity contribution in [1.29, 1.82) is 0 Å². The van der Waals surface area contributed by atoms with Crippen molar-refractivity contribution in [2.45, 2.75) is 13.0 Å². The summed E-state index contributed by atoms with van der Waals surface area (Å²) in [4.78, 5) is 0. The number of aliphatic hydroxyl groups is 1. The van der Waals surface area contributed by atoms with Crippen LogP contribution >= 0.6 is 47.8 Å². The van der Waals surface area contributed by atoms with Gasteiger partial charge in [0.1, 0.15) is 0 Å². The molecule has 0 radical (unpaired) electrons. The lowest BCUT2D eigenvalue weighted by Gasteiger charge is -2.10. The Balaban J connectivity index is 3.28. The number of hydrogen-bond acceptors (Lipinski definition) is 1. The Morgan fingerprint density at radius 1 is 1.17 bits per heavy atom. The van der Waals surface area contributed by atoms with E-state index < -0.39 is 6.10 Å². The predicted molar refractivity (Wildman–Crippen MR) is 60.2 cm³/mol. The molecule has 1 unspecified atom stereocenters. The molecule has 0 saturated carbocycles. The van der Waals surface area contributed by atoms with Crippen LogP contribution in [0.3, 0.4) is 0 Å². The second-order valence-corrected chi connectivity index (χ2v) is 5.08. The lowest BCUT2D eigenvalue weighted by atomic mass is 10.1. The van der Waals surface area contributed by atoms with E-state index in [1.807, 2.05) is 12.1 Å². The van der Waals surface area contributed by atoms with E-state index in [2.05, 4.69) is 47.8 Å². The van der Waals surface area contributed by atoms with Gasteiger partial charge in [-0.15, -0.1) is 0 Å². The molecule has 1 aromatic carbocycles. The molecule has 0 bridgehead atoms. The number of benzene rings is 1. The number of aliphatic hydroxyl groups excluding tert-OH is 1. The van der Waals surface area contributed by atoms with Gasteiger partial charge in [-0.3, -0.25) is 0 Å². The summed E-state index contributed by atoms with van der Waals surface area (Å²) in [6, 6.07) is 3.82. The molecule has 0 amide bonds. The van der Waals surface area contributed by atoms with E-state index in [-0.39, 0.29) is 0 Å². The maximum absolute atomic E-state index is 9.40. The molecule has 1 atom stereocenters. The van der Waals surface area contributed by atoms with Crippen LogP contribution in [-0.4, -0.2) is 5.11 Å². The molecule has 0 fully saturated rings. The van der Waals surface area contributed by atoms with Crippen LogP contribution in [0.4, 0.5) is 0 Å². The van der Waals surface area contributed by atoms with Crippen LogP contribution in [0.2, 0.25) is 0 Å². The van der Waals surface area contributed by atoms with Crippen LogP contribution in [0.25, 0.3) is 0 Å². The summed E-state index contributed by atoms with van der Waals surface area (Å²) in [7, 11) is 0. The van der Waals surface area contributed by atoms with Gasteiger partial charge in [0.2, 0.25) is 0 Å². The van der Waals surface area contributed by atoms with Crippen molar-refractivity contribution in [2.75, 3.05) is 0 Å². The average Bonchev–Trinajstić information content (AvgIpc) is 1.82. The Morgan fingerprint density at radius 3 is 1.92 bits per heavy atom. The second-order valence-electron chi connectivity index (χ2n) is 2.46. The molecule has 1 aromatic rings. The zero-order chi connectivity index (χ0) is 9.30. The van der Waals surface area contributed by atoms with Crippen molar-refractivity contribution in [3.8, 4) is 0 Å². The first kappa shape index (κ1) is 10.7. The van der Waals surface area contributed by atoms with Gasteiger partial charge in [0.15, 0.2) is 0 Å². The lowest BCUT2D eigenvalue weighted by molar-refractivity contribution is 0.197. The summed E-state index contributed by atoms with van der Waals surface area (Å²) >= 11 is 10.1. The number of halogens is 3. The molecule has 4 heteroatoms. The second kappa shape index (κ2) is 4.22. The molecular formula is C8H7Br3O. The van der Waals surface area contributed by atoms with Gasteiger partial charge in [0.25, 0.3) is 0 Å². The predicted octanol–water partition coefficient (Wildman–Crippen LogP) is 4.03. The first-order valence-corrected chi connectivity index (χ1v) is 5.72. The van der Waals surface area contributed by atoms with E-state index in [1.165, 1.54) is 0 Å². The lowest BCUT2D eigenvalue weighted by Crippen LogP contribution is -1.94. The first-order chi connectivity index (χ1) is 5.52. The van der Waals surface area contributed by atoms with Gasteiger partial charge in [-0.05, 0) is 19.1 Å². The maximum atomic E-state index is 9.40. The summed E-state index contributed by atoms with van der Waals surface area (Å²) < 4.78 is 2.78. The van der Waals surface area contributed by atoms with E-state index in [1.54, 1.807) is 6.92 Å². The van der Waals surface area contributed by atoms with Crippen LogP contribution in [-0.2, 0) is 0 Å². The van der Waals surface area contributed by atoms with Crippen molar-refractivity contribution >= 4 is 47.8 Å². The van der Waals surface area contributed by atoms with Gasteiger partial charge >= 0.3 is 0 Å². The standard InChI is InChI=1S/C8H7Br3O/c1-4(12)8-6(10)2-5(9)3-7(8)11/h2-4,12H,1H3. The van der Waals surface area contributed by atoms with Crippen molar-refractivity contribution in [1.82, 2.24) is 0 Å². The molecule has 1 nitrogen and oxygen atoms in total. The monoisotopic (exact) mass is 356 g/mol. The third-order valence-electron chi connectivity index (χ3n) is 1.46. The summed E-state index contributed by atoms with van der Waals surface area (Å²) in [5, 5.41) is 9.40. The average molecular weight is 359 g/mol. The fraction of sp³-hybridized carbons (Fsp3) is 0.250. The highest BCUT2D eigenvalue weighted by Crippen LogP contribution is 2.33. The van der Waals surface area contributed by atoms with E-state index in [0.717, 1.165) is 19.0 Å². The third-order valence-corrected chi connectivity index (χ3v) is 3.23. The summed E-state index contributed by atoms with van der Waals surface area (Å²) in [6.45, 7) is 1.73. The summed E-state index contributed by atoms with van der Waals surface area (Å²) in [6.07, 6.45) is -0.471. The van der Waals surface area contributed by atoms with Crippen LogP contribution < -0.4 is 0 Å². The van der Waals surface area contributed by atoms with Crippen LogP contribution in [0.1, 0.15) is 18.6 Å². The topological polar surface area (TPSA) is 20.2 Å². The van der Waals surface area contributed by atoms with E-state index in [4.69, 9.17) is 0 Å². The largest absolute Gasteiger partial charge is 0.389 e. The molecular weight excluding hydrogens is 352 g/mol. The quantitative estimate of drug-likeness (QED) is 0.803. The molecule has 0 aliphatic heterocycles. The van der Waals surface area contributed by atoms with Crippen LogP contribution in [0.5, 0.6) is 0 Å². The molecule has 12 heavy (non-hydrogen) atoms. The Bertz CT molecular complexity index is 273. The molecule has 0 aromatic heterocycles. The molecule has 1 N–H and O–H groups in total. The molecule has 0 spiro atoms. The van der Waals surface area contributed by atoms with Gasteiger partial charge in [-0.1, -0.05) is 47.8 Å². The van der Waals surface area contributed by atoms with Crippen LogP contribution in [0, 0.1) is 0 Å². The molecule has 66 valence electrons. The molecule has 0 heterocycles. The zero-order valence-electron chi connectivity index (χ0n) is 6.31. The Morgan fingerprint density at radius 2 is 1.58 bits per heavy atom. The van der Waals surface area contributed by atoms with Crippen molar-refractivity contribution in [3.63, 3.8) is 0 Å². The van der Waals surface area contributed by atoms with Gasteiger partial charge in [0.05, 0.1) is 6.10 Å². The van der Waals surface area contributed by atoms with E-state index >= 15 is 0 Å². The zero-order valence-corrected chi connectivity index (χ0v) is 11.1. The SMILES string of the molecule is CC(O)c1c(Br)cc(Br)cc1Br. The number of hydrogen-bond donors (Lipinski definition) is 1. The molecule has 0 saturated heterocycles. The minimum Gasteiger partial charge on any atom is -0.389 e. The summed E-state index contributed by atoms with van der Waals surface area (Å²) in [5.41, 5.74) is 0.873. The highest BCUT2D eigenvalue weighted by Gasteiger charge is 2.10. The summed E-state index contributed by atoms with van der Waals surface area (Å²) in [5.74, 6) is 0. The molecule has 0 aliphatic rings. The fourth-order valence-electron chi connectivity index (χ4n) is 0.952. The number of rotatable bonds is 1. The minimum atomic E-state index is -0.471. The maximum Gasteiger partial charge on any atom is 0.0783 e. The van der Waals surface area contributed by atoms with Crippen molar-refractivity contribution < 1.29 is 5.11 Å². The third kappa shape index (κ3) is 2.31. The smallest absolute Gasteiger partial charge is 0.0783 e. The Labute approximate surface area is 96.6 Å². The highest BCUT2D eigenvalue weighted by atomic mass is 79.9. The normalized spacial score (nSPS) is 13.1. The van der Waals surface area contributed by atoms with E-state index in [9.17, 15) is 5.11 Å². The minimum absolute atomic E-state index is 0.471. The van der Waals surface area contributed by atoms with E-state index in [0.29, 0.717) is 0 Å². The van der Waals surface area contributed by atoms with Gasteiger partial charge < -0.3 is 5.11 Å². The molecule has 0 aliphatic carbocycles. The van der Waals surface area contributed by atoms with Gasteiger partial charge in [0, 0.05) is 19.0 Å². The van der Waals surface area contributed by atoms with Gasteiger partial charge in [-0.2, -0.15) is 0 Å². The van der Waals surface area contributed by atoms with Crippen molar-refractivity contribution in [3.05, 3.63) is 31.1 Å². The Hall–Kier alpha value is 0.620. The van der Waals surface area contributed by atoms with Gasteiger partial charge in [-0.25, -0.2) is 0 Å².